The Morgan fingerprint density at radius 2 is 2.21 bits per heavy atom. The molecular weight excluding hydrogens is 264 g/mol. The smallest absolute Gasteiger partial charge is 0.317 e. The predicted molar refractivity (Wildman–Crippen MR) is 73.3 cm³/mol. The lowest BCUT2D eigenvalue weighted by Gasteiger charge is -2.18. The highest BCUT2D eigenvalue weighted by molar-refractivity contribution is 7.09. The first-order chi connectivity index (χ1) is 9.15. The molecule has 0 bridgehead atoms. The van der Waals surface area contributed by atoms with Gasteiger partial charge in [-0.2, -0.15) is 0 Å². The minimum atomic E-state index is -0.877. The zero-order chi connectivity index (χ0) is 13.7. The molecular formula is C13H18N2O3S. The molecule has 1 fully saturated rings. The number of aliphatic carboxylic acids is 1. The molecule has 0 aromatic carbocycles. The monoisotopic (exact) mass is 282 g/mol. The van der Waals surface area contributed by atoms with E-state index in [4.69, 9.17) is 5.11 Å². The number of hydrogen-bond acceptors (Lipinski definition) is 4. The normalized spacial score (nSPS) is 14.6. The number of hydrogen-bond donors (Lipinski definition) is 2. The van der Waals surface area contributed by atoms with Crippen molar-refractivity contribution in [1.29, 1.82) is 0 Å². The maximum absolute atomic E-state index is 11.8. The summed E-state index contributed by atoms with van der Waals surface area (Å²) in [5.74, 6) is -0.969. The predicted octanol–water partition coefficient (Wildman–Crippen LogP) is 0.956. The van der Waals surface area contributed by atoms with Crippen LogP contribution in [-0.2, 0) is 16.0 Å². The van der Waals surface area contributed by atoms with E-state index in [9.17, 15) is 9.59 Å². The molecule has 0 saturated heterocycles. The van der Waals surface area contributed by atoms with E-state index in [0.29, 0.717) is 6.54 Å². The van der Waals surface area contributed by atoms with Crippen molar-refractivity contribution in [2.45, 2.75) is 25.3 Å². The van der Waals surface area contributed by atoms with Crippen LogP contribution in [0.5, 0.6) is 0 Å². The molecule has 1 saturated carbocycles. The van der Waals surface area contributed by atoms with Gasteiger partial charge in [0.2, 0.25) is 5.91 Å². The van der Waals surface area contributed by atoms with E-state index < -0.39 is 5.97 Å². The maximum Gasteiger partial charge on any atom is 0.317 e. The van der Waals surface area contributed by atoms with Crippen molar-refractivity contribution >= 4 is 23.2 Å². The fraction of sp³-hybridized carbons (Fsp3) is 0.538. The molecule has 0 aliphatic heterocycles. The summed E-state index contributed by atoms with van der Waals surface area (Å²) in [5.41, 5.74) is 0. The summed E-state index contributed by atoms with van der Waals surface area (Å²) >= 11 is 1.67. The van der Waals surface area contributed by atoms with E-state index in [0.717, 1.165) is 19.3 Å². The molecule has 1 aromatic rings. The molecule has 104 valence electrons. The van der Waals surface area contributed by atoms with Crippen LogP contribution in [0.15, 0.2) is 17.5 Å². The number of carbonyl (C=O) groups excluding carboxylic acids is 1. The largest absolute Gasteiger partial charge is 0.480 e. The van der Waals surface area contributed by atoms with Crippen LogP contribution >= 0.6 is 11.3 Å². The Balaban J connectivity index is 1.68. The molecule has 0 unspecified atom stereocenters. The molecule has 2 rings (SSSR count). The first-order valence-corrected chi connectivity index (χ1v) is 7.28. The third kappa shape index (κ3) is 5.00. The molecule has 1 aromatic heterocycles. The number of carbonyl (C=O) groups is 2. The number of carboxylic acid groups (broad SMARTS) is 1. The molecule has 1 aliphatic carbocycles. The van der Waals surface area contributed by atoms with Gasteiger partial charge in [-0.15, -0.1) is 11.3 Å². The minimum Gasteiger partial charge on any atom is -0.480 e. The summed E-state index contributed by atoms with van der Waals surface area (Å²) in [6.45, 7) is 0.731. The minimum absolute atomic E-state index is 0.0526. The van der Waals surface area contributed by atoms with Crippen LogP contribution in [0.2, 0.25) is 0 Å². The van der Waals surface area contributed by atoms with Gasteiger partial charge in [-0.05, 0) is 30.7 Å². The van der Waals surface area contributed by atoms with Gasteiger partial charge in [-0.25, -0.2) is 0 Å². The number of nitrogens with one attached hydrogen (secondary N) is 1. The summed E-state index contributed by atoms with van der Waals surface area (Å²) in [5, 5.41) is 13.7. The lowest BCUT2D eigenvalue weighted by Crippen LogP contribution is -2.41. The summed E-state index contributed by atoms with van der Waals surface area (Å²) in [6.07, 6.45) is 2.82. The molecule has 19 heavy (non-hydrogen) atoms. The highest BCUT2D eigenvalue weighted by Crippen LogP contribution is 2.26. The van der Waals surface area contributed by atoms with Gasteiger partial charge in [0.25, 0.3) is 0 Å². The SMILES string of the molecule is O=C(O)CN(CC(=O)NCCc1cccs1)C1CC1. The Morgan fingerprint density at radius 3 is 2.79 bits per heavy atom. The van der Waals surface area contributed by atoms with Gasteiger partial charge in [0, 0.05) is 17.5 Å². The molecule has 6 heteroatoms. The van der Waals surface area contributed by atoms with Crippen LogP contribution in [-0.4, -0.2) is 47.6 Å². The summed E-state index contributed by atoms with van der Waals surface area (Å²) in [7, 11) is 0. The average molecular weight is 282 g/mol. The van der Waals surface area contributed by atoms with Crippen molar-refractivity contribution in [3.63, 3.8) is 0 Å². The first kappa shape index (κ1) is 14.0. The highest BCUT2D eigenvalue weighted by atomic mass is 32.1. The van der Waals surface area contributed by atoms with E-state index in [1.54, 1.807) is 16.2 Å². The maximum atomic E-state index is 11.8. The van der Waals surface area contributed by atoms with Crippen molar-refractivity contribution < 1.29 is 14.7 Å². The van der Waals surface area contributed by atoms with Crippen LogP contribution in [0.25, 0.3) is 0 Å². The fourth-order valence-electron chi connectivity index (χ4n) is 1.95. The molecule has 0 atom stereocenters. The van der Waals surface area contributed by atoms with Crippen molar-refractivity contribution in [3.05, 3.63) is 22.4 Å². The second-order valence-electron chi connectivity index (χ2n) is 4.71. The topological polar surface area (TPSA) is 69.6 Å². The Kier molecular flexibility index (Phi) is 4.93. The Hall–Kier alpha value is -1.40. The number of carboxylic acids is 1. The van der Waals surface area contributed by atoms with Gasteiger partial charge in [0.05, 0.1) is 13.1 Å². The van der Waals surface area contributed by atoms with Crippen molar-refractivity contribution in [3.8, 4) is 0 Å². The van der Waals surface area contributed by atoms with Crippen LogP contribution in [0, 0.1) is 0 Å². The second-order valence-corrected chi connectivity index (χ2v) is 5.74. The molecule has 1 aliphatic rings. The molecule has 1 heterocycles. The van der Waals surface area contributed by atoms with Gasteiger partial charge < -0.3 is 10.4 Å². The van der Waals surface area contributed by atoms with Gasteiger partial charge in [0.1, 0.15) is 0 Å². The Morgan fingerprint density at radius 1 is 1.42 bits per heavy atom. The summed E-state index contributed by atoms with van der Waals surface area (Å²) < 4.78 is 0. The van der Waals surface area contributed by atoms with E-state index in [1.165, 1.54) is 4.88 Å². The zero-order valence-corrected chi connectivity index (χ0v) is 11.5. The number of thiophene rings is 1. The van der Waals surface area contributed by atoms with Crippen LogP contribution < -0.4 is 5.32 Å². The standard InChI is InChI=1S/C13H18N2O3S/c16-12(14-6-5-11-2-1-7-19-11)8-15(9-13(17)18)10-3-4-10/h1-2,7,10H,3-6,8-9H2,(H,14,16)(H,17,18). The Bertz CT molecular complexity index is 429. The third-order valence-corrected chi connectivity index (χ3v) is 3.96. The average Bonchev–Trinajstić information content (AvgIpc) is 3.07. The van der Waals surface area contributed by atoms with Crippen molar-refractivity contribution in [2.24, 2.45) is 0 Å². The van der Waals surface area contributed by atoms with Crippen LogP contribution in [0.4, 0.5) is 0 Å². The van der Waals surface area contributed by atoms with Gasteiger partial charge >= 0.3 is 5.97 Å². The van der Waals surface area contributed by atoms with Gasteiger partial charge in [-0.3, -0.25) is 14.5 Å². The van der Waals surface area contributed by atoms with E-state index in [2.05, 4.69) is 5.32 Å². The van der Waals surface area contributed by atoms with Crippen molar-refractivity contribution in [2.75, 3.05) is 19.6 Å². The van der Waals surface area contributed by atoms with E-state index in [1.807, 2.05) is 17.5 Å². The molecule has 0 radical (unpaired) electrons. The summed E-state index contributed by atoms with van der Waals surface area (Å²) in [6, 6.07) is 4.31. The van der Waals surface area contributed by atoms with E-state index in [-0.39, 0.29) is 25.0 Å². The quantitative estimate of drug-likeness (QED) is 0.745. The molecule has 0 spiro atoms. The van der Waals surface area contributed by atoms with E-state index >= 15 is 0 Å². The number of amides is 1. The lowest BCUT2D eigenvalue weighted by molar-refractivity contribution is -0.138. The highest BCUT2D eigenvalue weighted by Gasteiger charge is 2.31. The second kappa shape index (κ2) is 6.68. The molecule has 5 nitrogen and oxygen atoms in total. The zero-order valence-electron chi connectivity index (χ0n) is 10.7. The fourth-order valence-corrected chi connectivity index (χ4v) is 2.66. The van der Waals surface area contributed by atoms with Crippen LogP contribution in [0.1, 0.15) is 17.7 Å². The lowest BCUT2D eigenvalue weighted by atomic mass is 10.3. The number of rotatable bonds is 8. The molecule has 1 amide bonds. The van der Waals surface area contributed by atoms with Crippen molar-refractivity contribution in [1.82, 2.24) is 10.2 Å². The third-order valence-electron chi connectivity index (χ3n) is 3.02. The van der Waals surface area contributed by atoms with Gasteiger partial charge in [0.15, 0.2) is 0 Å². The Labute approximate surface area is 116 Å². The van der Waals surface area contributed by atoms with Crippen LogP contribution in [0.3, 0.4) is 0 Å². The van der Waals surface area contributed by atoms with Gasteiger partial charge in [-0.1, -0.05) is 6.07 Å². The summed E-state index contributed by atoms with van der Waals surface area (Å²) in [4.78, 5) is 25.5. The number of nitrogens with zero attached hydrogens (tertiary/aromatic N) is 1. The first-order valence-electron chi connectivity index (χ1n) is 6.40. The molecule has 2 N–H and O–H groups in total.